The predicted octanol–water partition coefficient (Wildman–Crippen LogP) is 4.47. The van der Waals surface area contributed by atoms with Gasteiger partial charge in [0.2, 0.25) is 0 Å². The maximum absolute atomic E-state index is 12.8. The van der Waals surface area contributed by atoms with Gasteiger partial charge in [0.25, 0.3) is 5.91 Å². The quantitative estimate of drug-likeness (QED) is 0.652. The maximum Gasteiger partial charge on any atom is 0.255 e. The SMILES string of the molecule is CCc1cccc(CC)c1NC(=O)c1ccnc(NCc2ccccn2)c1. The maximum atomic E-state index is 12.8. The summed E-state index contributed by atoms with van der Waals surface area (Å²) < 4.78 is 0. The number of carbonyl (C=O) groups excluding carboxylic acids is 1. The molecule has 1 aromatic carbocycles. The Labute approximate surface area is 159 Å². The molecule has 27 heavy (non-hydrogen) atoms. The molecule has 0 saturated carbocycles. The molecule has 0 radical (unpaired) electrons. The fourth-order valence-electron chi connectivity index (χ4n) is 2.94. The molecule has 2 N–H and O–H groups in total. The van der Waals surface area contributed by atoms with Gasteiger partial charge in [0.15, 0.2) is 0 Å². The summed E-state index contributed by atoms with van der Waals surface area (Å²) in [6.45, 7) is 4.74. The standard InChI is InChI=1S/C22H24N4O/c1-3-16-8-7-9-17(4-2)21(16)26-22(27)18-11-13-24-20(14-18)25-15-19-10-5-6-12-23-19/h5-14H,3-4,15H2,1-2H3,(H,24,25)(H,26,27). The van der Waals surface area contributed by atoms with Gasteiger partial charge in [-0.1, -0.05) is 38.1 Å². The van der Waals surface area contributed by atoms with E-state index in [1.54, 1.807) is 24.5 Å². The molecule has 5 nitrogen and oxygen atoms in total. The summed E-state index contributed by atoms with van der Waals surface area (Å²) in [5.41, 5.74) is 4.70. The predicted molar refractivity (Wildman–Crippen MR) is 109 cm³/mol. The molecular weight excluding hydrogens is 336 g/mol. The molecule has 2 heterocycles. The van der Waals surface area contributed by atoms with Gasteiger partial charge in [-0.05, 0) is 48.2 Å². The number of para-hydroxylation sites is 1. The minimum absolute atomic E-state index is 0.131. The third-order valence-corrected chi connectivity index (χ3v) is 4.44. The third-order valence-electron chi connectivity index (χ3n) is 4.44. The summed E-state index contributed by atoms with van der Waals surface area (Å²) in [5.74, 6) is 0.515. The third kappa shape index (κ3) is 4.70. The zero-order valence-corrected chi connectivity index (χ0v) is 15.7. The van der Waals surface area contributed by atoms with Gasteiger partial charge in [-0.25, -0.2) is 4.98 Å². The molecule has 1 amide bonds. The molecule has 0 atom stereocenters. The van der Waals surface area contributed by atoms with Crippen LogP contribution in [-0.2, 0) is 19.4 Å². The first-order valence-corrected chi connectivity index (χ1v) is 9.23. The second kappa shape index (κ2) is 8.94. The van der Waals surface area contributed by atoms with Crippen molar-refractivity contribution in [2.45, 2.75) is 33.2 Å². The van der Waals surface area contributed by atoms with Crippen molar-refractivity contribution in [3.8, 4) is 0 Å². The zero-order chi connectivity index (χ0) is 19.1. The van der Waals surface area contributed by atoms with E-state index in [9.17, 15) is 4.79 Å². The second-order valence-corrected chi connectivity index (χ2v) is 6.22. The average molecular weight is 360 g/mol. The Morgan fingerprint density at radius 3 is 2.37 bits per heavy atom. The number of amides is 1. The van der Waals surface area contributed by atoms with E-state index < -0.39 is 0 Å². The second-order valence-electron chi connectivity index (χ2n) is 6.22. The fraction of sp³-hybridized carbons (Fsp3) is 0.227. The van der Waals surface area contributed by atoms with Gasteiger partial charge in [-0.2, -0.15) is 0 Å². The van der Waals surface area contributed by atoms with Crippen LogP contribution in [-0.4, -0.2) is 15.9 Å². The highest BCUT2D eigenvalue weighted by Gasteiger charge is 2.12. The summed E-state index contributed by atoms with van der Waals surface area (Å²) in [4.78, 5) is 21.4. The van der Waals surface area contributed by atoms with Crippen molar-refractivity contribution in [3.63, 3.8) is 0 Å². The van der Waals surface area contributed by atoms with Crippen LogP contribution in [0.25, 0.3) is 0 Å². The van der Waals surface area contributed by atoms with Crippen molar-refractivity contribution < 1.29 is 4.79 Å². The van der Waals surface area contributed by atoms with E-state index in [2.05, 4.69) is 46.6 Å². The van der Waals surface area contributed by atoms with Gasteiger partial charge in [0.05, 0.1) is 12.2 Å². The molecule has 0 bridgehead atoms. The van der Waals surface area contributed by atoms with Crippen LogP contribution in [0.2, 0.25) is 0 Å². The first-order valence-electron chi connectivity index (χ1n) is 9.23. The van der Waals surface area contributed by atoms with Crippen LogP contribution in [0.1, 0.15) is 41.0 Å². The molecule has 0 aliphatic carbocycles. The monoisotopic (exact) mass is 360 g/mol. The Balaban J connectivity index is 1.74. The normalized spacial score (nSPS) is 10.4. The molecule has 138 valence electrons. The molecule has 0 fully saturated rings. The van der Waals surface area contributed by atoms with E-state index in [4.69, 9.17) is 0 Å². The number of pyridine rings is 2. The van der Waals surface area contributed by atoms with Gasteiger partial charge in [0.1, 0.15) is 5.82 Å². The Morgan fingerprint density at radius 1 is 0.926 bits per heavy atom. The lowest BCUT2D eigenvalue weighted by Gasteiger charge is -2.15. The van der Waals surface area contributed by atoms with Gasteiger partial charge < -0.3 is 10.6 Å². The molecule has 0 saturated heterocycles. The summed E-state index contributed by atoms with van der Waals surface area (Å²) in [5, 5.41) is 6.30. The van der Waals surface area contributed by atoms with Crippen molar-refractivity contribution in [1.82, 2.24) is 9.97 Å². The van der Waals surface area contributed by atoms with Gasteiger partial charge in [-0.3, -0.25) is 9.78 Å². The molecule has 0 aliphatic rings. The highest BCUT2D eigenvalue weighted by atomic mass is 16.1. The number of hydrogen-bond donors (Lipinski definition) is 2. The van der Waals surface area contributed by atoms with E-state index in [-0.39, 0.29) is 5.91 Å². The van der Waals surface area contributed by atoms with E-state index in [0.717, 1.165) is 35.3 Å². The molecule has 5 heteroatoms. The van der Waals surface area contributed by atoms with Gasteiger partial charge in [-0.15, -0.1) is 0 Å². The Bertz CT molecular complexity index is 887. The van der Waals surface area contributed by atoms with Crippen molar-refractivity contribution in [2.24, 2.45) is 0 Å². The number of rotatable bonds is 7. The van der Waals surface area contributed by atoms with Gasteiger partial charge in [0, 0.05) is 23.6 Å². The highest BCUT2D eigenvalue weighted by Crippen LogP contribution is 2.23. The zero-order valence-electron chi connectivity index (χ0n) is 15.7. The number of nitrogens with zero attached hydrogens (tertiary/aromatic N) is 2. The van der Waals surface area contributed by atoms with Crippen LogP contribution < -0.4 is 10.6 Å². The molecule has 0 spiro atoms. The van der Waals surface area contributed by atoms with E-state index >= 15 is 0 Å². The van der Waals surface area contributed by atoms with Crippen LogP contribution in [0.4, 0.5) is 11.5 Å². The fourth-order valence-corrected chi connectivity index (χ4v) is 2.94. The summed E-state index contributed by atoms with van der Waals surface area (Å²) in [7, 11) is 0. The largest absolute Gasteiger partial charge is 0.364 e. The van der Waals surface area contributed by atoms with Crippen LogP contribution in [0.5, 0.6) is 0 Å². The summed E-state index contributed by atoms with van der Waals surface area (Å²) >= 11 is 0. The number of nitrogens with one attached hydrogen (secondary N) is 2. The Kier molecular flexibility index (Phi) is 6.15. The first-order chi connectivity index (χ1) is 13.2. The van der Waals surface area contributed by atoms with Crippen LogP contribution in [0, 0.1) is 0 Å². The van der Waals surface area contributed by atoms with Crippen molar-refractivity contribution in [1.29, 1.82) is 0 Å². The minimum Gasteiger partial charge on any atom is -0.364 e. The summed E-state index contributed by atoms with van der Waals surface area (Å²) in [6.07, 6.45) is 5.14. The number of aromatic nitrogens is 2. The number of hydrogen-bond acceptors (Lipinski definition) is 4. The molecule has 2 aromatic heterocycles. The lowest BCUT2D eigenvalue weighted by Crippen LogP contribution is -2.15. The van der Waals surface area contributed by atoms with Crippen LogP contribution in [0.3, 0.4) is 0 Å². The minimum atomic E-state index is -0.131. The smallest absolute Gasteiger partial charge is 0.255 e. The number of anilines is 2. The van der Waals surface area contributed by atoms with Crippen LogP contribution in [0.15, 0.2) is 60.9 Å². The first kappa shape index (κ1) is 18.6. The number of carbonyl (C=O) groups is 1. The summed E-state index contributed by atoms with van der Waals surface area (Å²) in [6, 6.07) is 15.4. The number of benzene rings is 1. The van der Waals surface area contributed by atoms with Crippen LogP contribution >= 0.6 is 0 Å². The van der Waals surface area contributed by atoms with Crippen molar-refractivity contribution in [2.75, 3.05) is 10.6 Å². The molecule has 0 aliphatic heterocycles. The Morgan fingerprint density at radius 2 is 1.70 bits per heavy atom. The van der Waals surface area contributed by atoms with E-state index in [0.29, 0.717) is 17.9 Å². The van der Waals surface area contributed by atoms with Crippen molar-refractivity contribution >= 4 is 17.4 Å². The lowest BCUT2D eigenvalue weighted by atomic mass is 10.0. The lowest BCUT2D eigenvalue weighted by molar-refractivity contribution is 0.102. The van der Waals surface area contributed by atoms with Crippen molar-refractivity contribution in [3.05, 3.63) is 83.3 Å². The highest BCUT2D eigenvalue weighted by molar-refractivity contribution is 6.05. The molecular formula is C22H24N4O. The van der Waals surface area contributed by atoms with E-state index in [1.165, 1.54) is 0 Å². The molecule has 3 rings (SSSR count). The average Bonchev–Trinajstić information content (AvgIpc) is 2.73. The molecule has 0 unspecified atom stereocenters. The number of aryl methyl sites for hydroxylation is 2. The topological polar surface area (TPSA) is 66.9 Å². The van der Waals surface area contributed by atoms with Gasteiger partial charge >= 0.3 is 0 Å². The van der Waals surface area contributed by atoms with E-state index in [1.807, 2.05) is 24.3 Å². The molecule has 3 aromatic rings. The Hall–Kier alpha value is -3.21.